The highest BCUT2D eigenvalue weighted by Gasteiger charge is 2.25. The number of ether oxygens (including phenoxy) is 1. The Kier molecular flexibility index (Phi) is 5.59. The van der Waals surface area contributed by atoms with Gasteiger partial charge >= 0.3 is 0 Å². The molecule has 1 aliphatic rings. The van der Waals surface area contributed by atoms with Crippen molar-refractivity contribution in [2.75, 3.05) is 12.4 Å². The number of thiophene rings is 1. The molecule has 0 saturated heterocycles. The van der Waals surface area contributed by atoms with Crippen LogP contribution in [-0.4, -0.2) is 24.0 Å². The van der Waals surface area contributed by atoms with E-state index in [-0.39, 0.29) is 11.0 Å². The number of hydrogen-bond donors (Lipinski definition) is 3. The average molecular weight is 454 g/mol. The number of rotatable bonds is 4. The van der Waals surface area contributed by atoms with Crippen LogP contribution in [0.2, 0.25) is 0 Å². The summed E-state index contributed by atoms with van der Waals surface area (Å²) >= 11 is 10.0. The molecule has 0 aliphatic heterocycles. The highest BCUT2D eigenvalue weighted by atomic mass is 79.9. The zero-order chi connectivity index (χ0) is 18.8. The molecule has 1 aromatic heterocycles. The summed E-state index contributed by atoms with van der Waals surface area (Å²) in [5.74, 6) is -0.225. The summed E-state index contributed by atoms with van der Waals surface area (Å²) < 4.78 is 5.81. The van der Waals surface area contributed by atoms with Crippen molar-refractivity contribution in [1.82, 2.24) is 5.32 Å². The molecular weight excluding hydrogens is 438 g/mol. The van der Waals surface area contributed by atoms with Crippen molar-refractivity contribution < 1.29 is 14.3 Å². The number of benzene rings is 1. The van der Waals surface area contributed by atoms with Crippen LogP contribution in [0.1, 0.15) is 37.6 Å². The second-order valence-corrected chi connectivity index (χ2v) is 8.05. The van der Waals surface area contributed by atoms with E-state index in [1.165, 1.54) is 11.3 Å². The van der Waals surface area contributed by atoms with Gasteiger partial charge in [-0.25, -0.2) is 0 Å². The number of halogens is 1. The molecule has 2 amide bonds. The van der Waals surface area contributed by atoms with Crippen LogP contribution >= 0.6 is 39.5 Å². The first-order chi connectivity index (χ1) is 12.4. The van der Waals surface area contributed by atoms with E-state index in [1.54, 1.807) is 25.3 Å². The molecule has 0 saturated carbocycles. The number of primary amides is 1. The normalized spacial score (nSPS) is 12.4. The number of nitrogens with one attached hydrogen (secondary N) is 2. The van der Waals surface area contributed by atoms with Crippen molar-refractivity contribution in [3.63, 3.8) is 0 Å². The Morgan fingerprint density at radius 1 is 1.35 bits per heavy atom. The van der Waals surface area contributed by atoms with E-state index in [1.807, 2.05) is 0 Å². The molecule has 0 unspecified atom stereocenters. The Morgan fingerprint density at radius 2 is 2.12 bits per heavy atom. The third-order valence-corrected chi connectivity index (χ3v) is 6.07. The predicted molar refractivity (Wildman–Crippen MR) is 109 cm³/mol. The van der Waals surface area contributed by atoms with Crippen LogP contribution in [-0.2, 0) is 12.8 Å². The maximum Gasteiger partial charge on any atom is 0.257 e. The number of methoxy groups -OCH3 is 1. The van der Waals surface area contributed by atoms with Gasteiger partial charge in [0, 0.05) is 10.4 Å². The zero-order valence-corrected chi connectivity index (χ0v) is 17.1. The summed E-state index contributed by atoms with van der Waals surface area (Å²) in [4.78, 5) is 25.3. The van der Waals surface area contributed by atoms with Gasteiger partial charge in [0.15, 0.2) is 5.11 Å². The van der Waals surface area contributed by atoms with Crippen molar-refractivity contribution in [2.45, 2.75) is 19.3 Å². The van der Waals surface area contributed by atoms with Crippen LogP contribution in [0.25, 0.3) is 0 Å². The molecule has 0 bridgehead atoms. The number of carbonyl (C=O) groups excluding carboxylic acids is 2. The highest BCUT2D eigenvalue weighted by Crippen LogP contribution is 2.38. The second-order valence-electron chi connectivity index (χ2n) is 5.68. The lowest BCUT2D eigenvalue weighted by atomic mass is 10.1. The lowest BCUT2D eigenvalue weighted by Crippen LogP contribution is -2.34. The Bertz CT molecular complexity index is 911. The van der Waals surface area contributed by atoms with Crippen LogP contribution < -0.4 is 21.1 Å². The SMILES string of the molecule is COc1ccc(C(=O)NC(=S)Nc2sc3c(c2C(N)=O)CCC3)cc1Br. The molecule has 0 radical (unpaired) electrons. The Morgan fingerprint density at radius 3 is 2.77 bits per heavy atom. The molecule has 136 valence electrons. The molecule has 1 aliphatic carbocycles. The van der Waals surface area contributed by atoms with Gasteiger partial charge in [0.05, 0.1) is 17.1 Å². The number of thiocarbonyl (C=S) groups is 1. The molecule has 1 heterocycles. The van der Waals surface area contributed by atoms with Crippen LogP contribution in [0.4, 0.5) is 5.00 Å². The van der Waals surface area contributed by atoms with Gasteiger partial charge in [-0.15, -0.1) is 11.3 Å². The minimum absolute atomic E-state index is 0.115. The van der Waals surface area contributed by atoms with Gasteiger partial charge < -0.3 is 15.8 Å². The molecule has 6 nitrogen and oxygen atoms in total. The average Bonchev–Trinajstić information content (AvgIpc) is 3.14. The van der Waals surface area contributed by atoms with Gasteiger partial charge in [-0.05, 0) is 71.2 Å². The summed E-state index contributed by atoms with van der Waals surface area (Å²) in [6, 6.07) is 4.96. The molecule has 26 heavy (non-hydrogen) atoms. The maximum atomic E-state index is 12.4. The van der Waals surface area contributed by atoms with Gasteiger partial charge in [0.2, 0.25) is 0 Å². The quantitative estimate of drug-likeness (QED) is 0.617. The summed E-state index contributed by atoms with van der Waals surface area (Å²) in [7, 11) is 1.55. The zero-order valence-electron chi connectivity index (χ0n) is 13.8. The van der Waals surface area contributed by atoms with Crippen LogP contribution in [0.5, 0.6) is 5.75 Å². The number of nitrogens with two attached hydrogens (primary N) is 1. The molecular formula is C17H16BrN3O3S2. The number of fused-ring (bicyclic) bond motifs is 1. The molecule has 1 aromatic carbocycles. The van der Waals surface area contributed by atoms with Gasteiger partial charge in [-0.3, -0.25) is 14.9 Å². The van der Waals surface area contributed by atoms with E-state index in [0.29, 0.717) is 26.4 Å². The smallest absolute Gasteiger partial charge is 0.257 e. The maximum absolute atomic E-state index is 12.4. The van der Waals surface area contributed by atoms with Gasteiger partial charge in [0.1, 0.15) is 10.8 Å². The third kappa shape index (κ3) is 3.74. The fraction of sp³-hybridized carbons (Fsp3) is 0.235. The minimum atomic E-state index is -0.486. The van der Waals surface area contributed by atoms with Crippen LogP contribution in [0.15, 0.2) is 22.7 Å². The Labute approximate surface area is 168 Å². The van der Waals surface area contributed by atoms with Crippen molar-refractivity contribution >= 4 is 61.4 Å². The topological polar surface area (TPSA) is 93.4 Å². The number of carbonyl (C=O) groups is 2. The monoisotopic (exact) mass is 453 g/mol. The lowest BCUT2D eigenvalue weighted by molar-refractivity contribution is 0.0975. The highest BCUT2D eigenvalue weighted by molar-refractivity contribution is 9.10. The van der Waals surface area contributed by atoms with E-state index < -0.39 is 5.91 Å². The summed E-state index contributed by atoms with van der Waals surface area (Å²) in [6.07, 6.45) is 2.79. The predicted octanol–water partition coefficient (Wildman–Crippen LogP) is 3.23. The van der Waals surface area contributed by atoms with E-state index in [9.17, 15) is 9.59 Å². The summed E-state index contributed by atoms with van der Waals surface area (Å²) in [5.41, 5.74) is 7.42. The van der Waals surface area contributed by atoms with Crippen molar-refractivity contribution in [3.8, 4) is 5.75 Å². The molecule has 0 atom stereocenters. The van der Waals surface area contributed by atoms with E-state index in [2.05, 4.69) is 26.6 Å². The standard InChI is InChI=1S/C17H16BrN3O3S2/c1-24-11-6-5-8(7-10(11)18)15(23)20-17(25)21-16-13(14(19)22)9-3-2-4-12(9)26-16/h5-7H,2-4H2,1H3,(H2,19,22)(H2,20,21,23,25). The second kappa shape index (κ2) is 7.73. The molecule has 2 aromatic rings. The van der Waals surface area contributed by atoms with E-state index in [0.717, 1.165) is 29.7 Å². The molecule has 0 fully saturated rings. The number of anilines is 1. The third-order valence-electron chi connectivity index (χ3n) is 4.04. The number of aryl methyl sites for hydroxylation is 1. The van der Waals surface area contributed by atoms with Gasteiger partial charge in [-0.1, -0.05) is 0 Å². The summed E-state index contributed by atoms with van der Waals surface area (Å²) in [5, 5.41) is 6.26. The van der Waals surface area contributed by atoms with E-state index >= 15 is 0 Å². The molecule has 3 rings (SSSR count). The van der Waals surface area contributed by atoms with Gasteiger partial charge in [0.25, 0.3) is 11.8 Å². The van der Waals surface area contributed by atoms with Crippen LogP contribution in [0, 0.1) is 0 Å². The van der Waals surface area contributed by atoms with Gasteiger partial charge in [-0.2, -0.15) is 0 Å². The summed E-state index contributed by atoms with van der Waals surface area (Å²) in [6.45, 7) is 0. The van der Waals surface area contributed by atoms with Crippen molar-refractivity contribution in [3.05, 3.63) is 44.2 Å². The first-order valence-electron chi connectivity index (χ1n) is 7.81. The Balaban J connectivity index is 1.72. The fourth-order valence-corrected chi connectivity index (χ4v) is 4.97. The first-order valence-corrected chi connectivity index (χ1v) is 9.82. The van der Waals surface area contributed by atoms with Crippen LogP contribution in [0.3, 0.4) is 0 Å². The molecule has 9 heteroatoms. The number of hydrogen-bond acceptors (Lipinski definition) is 5. The minimum Gasteiger partial charge on any atom is -0.496 e. The molecule has 4 N–H and O–H groups in total. The largest absolute Gasteiger partial charge is 0.496 e. The van der Waals surface area contributed by atoms with Crippen molar-refractivity contribution in [2.24, 2.45) is 5.73 Å². The Hall–Kier alpha value is -1.97. The number of amides is 2. The lowest BCUT2D eigenvalue weighted by Gasteiger charge is -2.11. The van der Waals surface area contributed by atoms with E-state index in [4.69, 9.17) is 22.7 Å². The first kappa shape index (κ1) is 18.8. The van der Waals surface area contributed by atoms with Crippen molar-refractivity contribution in [1.29, 1.82) is 0 Å². The molecule has 0 spiro atoms. The fourth-order valence-electron chi connectivity index (χ4n) is 2.87.